The lowest BCUT2D eigenvalue weighted by Gasteiger charge is -2.08. The summed E-state index contributed by atoms with van der Waals surface area (Å²) in [6, 6.07) is 8.98. The minimum absolute atomic E-state index is 0.131. The normalized spacial score (nSPS) is 10.4. The number of nitrogens with one attached hydrogen (secondary N) is 1. The van der Waals surface area contributed by atoms with Crippen molar-refractivity contribution in [3.8, 4) is 0 Å². The van der Waals surface area contributed by atoms with Crippen molar-refractivity contribution in [2.75, 3.05) is 0 Å². The fourth-order valence-electron chi connectivity index (χ4n) is 1.04. The van der Waals surface area contributed by atoms with Crippen molar-refractivity contribution in [3.63, 3.8) is 0 Å². The Morgan fingerprint density at radius 2 is 1.71 bits per heavy atom. The molecule has 1 aromatic carbocycles. The quantitative estimate of drug-likeness (QED) is 0.638. The molecule has 0 aromatic heterocycles. The van der Waals surface area contributed by atoms with E-state index in [9.17, 15) is 9.59 Å². The molecule has 1 atom stereocenters. The van der Waals surface area contributed by atoms with E-state index in [2.05, 4.69) is 17.5 Å². The van der Waals surface area contributed by atoms with Gasteiger partial charge in [0.05, 0.1) is 6.04 Å². The average molecular weight is 334 g/mol. The van der Waals surface area contributed by atoms with E-state index < -0.39 is 11.9 Å². The molecule has 5 N–H and O–H groups in total. The number of hydrogen-bond acceptors (Lipinski definition) is 4. The molecule has 0 aliphatic carbocycles. The van der Waals surface area contributed by atoms with Gasteiger partial charge >= 0.3 is 0 Å². The maximum Gasteiger partial charge on any atom is 0.234 e. The van der Waals surface area contributed by atoms with Crippen LogP contribution in [0.15, 0.2) is 30.3 Å². The second kappa shape index (κ2) is 13.7. The molecule has 0 heterocycles. The largest absolute Gasteiger partial charge is 0.368 e. The Kier molecular flexibility index (Phi) is 14.4. The molecule has 0 radical (unpaired) electrons. The average Bonchev–Trinajstić information content (AvgIpc) is 2.40. The number of halogens is 1. The molecule has 120 valence electrons. The van der Waals surface area contributed by atoms with Crippen LogP contribution in [0.5, 0.6) is 0 Å². The molecule has 5 nitrogen and oxygen atoms in total. The van der Waals surface area contributed by atoms with Crippen LogP contribution in [0.2, 0.25) is 5.02 Å². The monoisotopic (exact) mass is 333 g/mol. The van der Waals surface area contributed by atoms with Crippen molar-refractivity contribution in [1.29, 1.82) is 0 Å². The molecule has 21 heavy (non-hydrogen) atoms. The number of primary amides is 1. The Bertz CT molecular complexity index is 402. The zero-order valence-electron chi connectivity index (χ0n) is 12.5. The maximum absolute atomic E-state index is 10.3. The van der Waals surface area contributed by atoms with E-state index in [1.54, 1.807) is 0 Å². The summed E-state index contributed by atoms with van der Waals surface area (Å²) in [4.78, 5) is 20.0. The summed E-state index contributed by atoms with van der Waals surface area (Å²) in [6.45, 7) is 5.40. The highest BCUT2D eigenvalue weighted by Gasteiger charge is 2.09. The summed E-state index contributed by atoms with van der Waals surface area (Å²) in [6.07, 6.45) is 0.676. The molecule has 1 aromatic rings. The first kappa shape index (κ1) is 22.0. The van der Waals surface area contributed by atoms with Gasteiger partial charge in [-0.1, -0.05) is 56.5 Å². The summed E-state index contributed by atoms with van der Waals surface area (Å²) >= 11 is 8.96. The zero-order chi connectivity index (χ0) is 16.8. The maximum atomic E-state index is 10.3. The van der Waals surface area contributed by atoms with Crippen molar-refractivity contribution in [2.45, 2.75) is 33.2 Å². The van der Waals surface area contributed by atoms with Gasteiger partial charge in [0, 0.05) is 11.9 Å². The van der Waals surface area contributed by atoms with Crippen LogP contribution >= 0.6 is 24.4 Å². The highest BCUT2D eigenvalue weighted by molar-refractivity contribution is 7.78. The molecule has 0 fully saturated rings. The molecule has 0 aliphatic rings. The van der Waals surface area contributed by atoms with Gasteiger partial charge in [-0.15, -0.1) is 0 Å². The highest BCUT2D eigenvalue weighted by atomic mass is 35.5. The van der Waals surface area contributed by atoms with Gasteiger partial charge in [-0.2, -0.15) is 0 Å². The van der Waals surface area contributed by atoms with Crippen LogP contribution in [0, 0.1) is 5.92 Å². The summed E-state index contributed by atoms with van der Waals surface area (Å²) in [5.74, 6) is -0.107. The van der Waals surface area contributed by atoms with Gasteiger partial charge in [-0.25, -0.2) is 0 Å². The van der Waals surface area contributed by atoms with E-state index in [1.807, 2.05) is 44.2 Å². The third-order valence-electron chi connectivity index (χ3n) is 1.98. The molecule has 7 heteroatoms. The van der Waals surface area contributed by atoms with Crippen LogP contribution in [0.4, 0.5) is 0 Å². The smallest absolute Gasteiger partial charge is 0.234 e. The van der Waals surface area contributed by atoms with Gasteiger partial charge in [0.15, 0.2) is 0 Å². The molecule has 1 unspecified atom stereocenters. The first-order chi connectivity index (χ1) is 9.70. The summed E-state index contributed by atoms with van der Waals surface area (Å²) < 4.78 is 2.08. The van der Waals surface area contributed by atoms with E-state index in [4.69, 9.17) is 23.1 Å². The van der Waals surface area contributed by atoms with E-state index in [-0.39, 0.29) is 5.91 Å². The number of amides is 2. The van der Waals surface area contributed by atoms with Crippen molar-refractivity contribution < 1.29 is 9.59 Å². The van der Waals surface area contributed by atoms with Gasteiger partial charge in [0.1, 0.15) is 0 Å². The van der Waals surface area contributed by atoms with Gasteiger partial charge < -0.3 is 16.2 Å². The van der Waals surface area contributed by atoms with Crippen LogP contribution in [-0.4, -0.2) is 17.9 Å². The highest BCUT2D eigenvalue weighted by Crippen LogP contribution is 2.03. The van der Waals surface area contributed by atoms with Gasteiger partial charge in [-0.3, -0.25) is 9.59 Å². The minimum Gasteiger partial charge on any atom is -0.368 e. The van der Waals surface area contributed by atoms with Crippen LogP contribution in [0.1, 0.15) is 27.2 Å². The fourth-order valence-corrected chi connectivity index (χ4v) is 1.18. The Labute approximate surface area is 137 Å². The van der Waals surface area contributed by atoms with E-state index in [1.165, 1.54) is 6.92 Å². The molecular weight excluding hydrogens is 310 g/mol. The third-order valence-corrected chi connectivity index (χ3v) is 2.55. The Balaban J connectivity index is 0. The minimum atomic E-state index is -0.468. The molecule has 0 aliphatic heterocycles. The van der Waals surface area contributed by atoms with Crippen LogP contribution in [0.3, 0.4) is 0 Å². The molecule has 0 saturated carbocycles. The van der Waals surface area contributed by atoms with Gasteiger partial charge in [0.25, 0.3) is 0 Å². The number of rotatable bonds is 3. The first-order valence-corrected chi connectivity index (χ1v) is 7.19. The Morgan fingerprint density at radius 3 is 1.86 bits per heavy atom. The van der Waals surface area contributed by atoms with E-state index in [0.717, 1.165) is 5.02 Å². The standard InChI is InChI=1S/C6H5Cl.C6H14N2O.C2H5NOS/c7-6-4-2-1-3-5-6;1-4(2)3-5(7)6(8)9;1-2(4)3-5/h1-5H;4-5H,3,7H2,1-2H3,(H2,8,9);5H,1H3,(H,3,4). The first-order valence-electron chi connectivity index (χ1n) is 6.36. The lowest BCUT2D eigenvalue weighted by Crippen LogP contribution is -2.37. The zero-order valence-corrected chi connectivity index (χ0v) is 14.2. The van der Waals surface area contributed by atoms with Gasteiger partial charge in [0.2, 0.25) is 11.8 Å². The molecule has 0 spiro atoms. The third kappa shape index (κ3) is 18.8. The predicted molar refractivity (Wildman–Crippen MR) is 90.9 cm³/mol. The summed E-state index contributed by atoms with van der Waals surface area (Å²) in [5, 5.41) is 0.794. The summed E-state index contributed by atoms with van der Waals surface area (Å²) in [7, 11) is 0. The second-order valence-electron chi connectivity index (χ2n) is 4.60. The number of benzene rings is 1. The van der Waals surface area contributed by atoms with Crippen molar-refractivity contribution in [3.05, 3.63) is 35.4 Å². The van der Waals surface area contributed by atoms with Crippen LogP contribution < -0.4 is 16.2 Å². The van der Waals surface area contributed by atoms with E-state index in [0.29, 0.717) is 12.3 Å². The predicted octanol–water partition coefficient (Wildman–Crippen LogP) is 2.15. The Morgan fingerprint density at radius 1 is 1.29 bits per heavy atom. The number of thiol groups is 1. The molecule has 1 rings (SSSR count). The number of nitrogens with two attached hydrogens (primary N) is 2. The Hall–Kier alpha value is -1.24. The van der Waals surface area contributed by atoms with Crippen molar-refractivity contribution in [1.82, 2.24) is 4.72 Å². The molecule has 0 saturated heterocycles. The number of hydrogen-bond donors (Lipinski definition) is 4. The molecule has 0 bridgehead atoms. The lowest BCUT2D eigenvalue weighted by molar-refractivity contribution is -0.119. The van der Waals surface area contributed by atoms with Gasteiger partial charge in [-0.05, 0) is 24.5 Å². The fraction of sp³-hybridized carbons (Fsp3) is 0.429. The van der Waals surface area contributed by atoms with Crippen LogP contribution in [-0.2, 0) is 9.59 Å². The number of carbonyl (C=O) groups excluding carboxylic acids is 2. The van der Waals surface area contributed by atoms with Crippen LogP contribution in [0.25, 0.3) is 0 Å². The summed E-state index contributed by atoms with van der Waals surface area (Å²) in [5.41, 5.74) is 10.3. The second-order valence-corrected chi connectivity index (χ2v) is 5.26. The van der Waals surface area contributed by atoms with E-state index >= 15 is 0 Å². The SMILES string of the molecule is CC(=O)NS.CC(C)CC(N)C(N)=O.Clc1ccccc1. The number of carbonyl (C=O) groups is 2. The molecular formula is C14H24ClN3O2S. The van der Waals surface area contributed by atoms with Crippen molar-refractivity contribution >= 4 is 36.2 Å². The topological polar surface area (TPSA) is 98.2 Å². The van der Waals surface area contributed by atoms with Crippen molar-refractivity contribution in [2.24, 2.45) is 17.4 Å². The lowest BCUT2D eigenvalue weighted by atomic mass is 10.0. The molecule has 2 amide bonds.